The van der Waals surface area contributed by atoms with E-state index in [2.05, 4.69) is 16.7 Å². The van der Waals surface area contributed by atoms with Crippen LogP contribution in [0.5, 0.6) is 34.5 Å². The lowest BCUT2D eigenvalue weighted by molar-refractivity contribution is 0.321. The summed E-state index contributed by atoms with van der Waals surface area (Å²) >= 11 is 7.46. The van der Waals surface area contributed by atoms with Gasteiger partial charge in [0, 0.05) is 28.3 Å². The molecule has 0 bridgehead atoms. The van der Waals surface area contributed by atoms with E-state index in [4.69, 9.17) is 40.6 Å². The summed E-state index contributed by atoms with van der Waals surface area (Å²) in [5.74, 6) is 5.14. The first-order chi connectivity index (χ1) is 17.5. The molecule has 2 aliphatic heterocycles. The number of allylic oxidation sites excluding steroid dienone is 1. The molecule has 0 amide bonds. The molecule has 0 spiro atoms. The van der Waals surface area contributed by atoms with E-state index in [1.165, 1.54) is 0 Å². The van der Waals surface area contributed by atoms with Crippen molar-refractivity contribution in [1.82, 2.24) is 10.6 Å². The average Bonchev–Trinajstić information content (AvgIpc) is 2.91. The third-order valence-corrected chi connectivity index (χ3v) is 7.38. The van der Waals surface area contributed by atoms with E-state index in [1.54, 1.807) is 42.7 Å². The van der Waals surface area contributed by atoms with Crippen LogP contribution in [0.15, 0.2) is 41.1 Å². The lowest BCUT2D eigenvalue weighted by atomic mass is 9.92. The highest BCUT2D eigenvalue weighted by Gasteiger charge is 2.34. The first-order valence-electron chi connectivity index (χ1n) is 11.2. The van der Waals surface area contributed by atoms with E-state index in [-0.39, 0.29) is 6.04 Å². The predicted molar refractivity (Wildman–Crippen MR) is 146 cm³/mol. The molecule has 0 fully saturated rings. The SMILES string of the molecule is COc1ccc(/C=C2\CSCC3=C2NC(=S)NC3c2ccc(OC)c(OC)c2OC)c(OC)c1OC. The molecule has 2 heterocycles. The normalized spacial score (nSPS) is 18.1. The Balaban J connectivity index is 1.85. The van der Waals surface area contributed by atoms with Gasteiger partial charge in [-0.3, -0.25) is 0 Å². The first kappa shape index (κ1) is 25.8. The molecule has 0 radical (unpaired) electrons. The number of nitrogens with one attached hydrogen (secondary N) is 2. The van der Waals surface area contributed by atoms with E-state index >= 15 is 0 Å². The molecule has 192 valence electrons. The van der Waals surface area contributed by atoms with Gasteiger partial charge in [-0.15, -0.1) is 0 Å². The maximum Gasteiger partial charge on any atom is 0.203 e. The van der Waals surface area contributed by atoms with Crippen LogP contribution >= 0.6 is 24.0 Å². The summed E-state index contributed by atoms with van der Waals surface area (Å²) in [6, 6.07) is 7.49. The highest BCUT2D eigenvalue weighted by Crippen LogP contribution is 2.47. The van der Waals surface area contributed by atoms with Crippen LogP contribution in [-0.4, -0.2) is 59.3 Å². The molecule has 8 nitrogen and oxygen atoms in total. The van der Waals surface area contributed by atoms with Gasteiger partial charge >= 0.3 is 0 Å². The highest BCUT2D eigenvalue weighted by atomic mass is 32.2. The fraction of sp³-hybridized carbons (Fsp3) is 0.346. The van der Waals surface area contributed by atoms with Crippen LogP contribution in [0, 0.1) is 0 Å². The van der Waals surface area contributed by atoms with Gasteiger partial charge in [0.25, 0.3) is 0 Å². The quantitative estimate of drug-likeness (QED) is 0.481. The van der Waals surface area contributed by atoms with Crippen molar-refractivity contribution in [2.45, 2.75) is 6.04 Å². The lowest BCUT2D eigenvalue weighted by Crippen LogP contribution is -2.46. The second-order valence-corrected chi connectivity index (χ2v) is 9.34. The van der Waals surface area contributed by atoms with Crippen LogP contribution in [0.1, 0.15) is 17.2 Å². The third-order valence-electron chi connectivity index (χ3n) is 6.13. The Morgan fingerprint density at radius 1 is 0.778 bits per heavy atom. The number of hydrogen-bond donors (Lipinski definition) is 2. The van der Waals surface area contributed by atoms with Crippen molar-refractivity contribution in [3.63, 3.8) is 0 Å². The number of thiocarbonyl (C=S) groups is 1. The molecular weight excluding hydrogens is 500 g/mol. The van der Waals surface area contributed by atoms with Gasteiger partial charge in [-0.2, -0.15) is 11.8 Å². The zero-order valence-corrected chi connectivity index (χ0v) is 22.8. The zero-order valence-electron chi connectivity index (χ0n) is 21.1. The van der Waals surface area contributed by atoms with E-state index < -0.39 is 0 Å². The summed E-state index contributed by atoms with van der Waals surface area (Å²) in [6.45, 7) is 0. The van der Waals surface area contributed by atoms with Crippen molar-refractivity contribution in [2.24, 2.45) is 0 Å². The van der Waals surface area contributed by atoms with Crippen molar-refractivity contribution < 1.29 is 28.4 Å². The summed E-state index contributed by atoms with van der Waals surface area (Å²) in [5, 5.41) is 7.35. The molecule has 1 atom stereocenters. The second kappa shape index (κ2) is 11.2. The molecule has 2 N–H and O–H groups in total. The number of rotatable bonds is 8. The van der Waals surface area contributed by atoms with Crippen molar-refractivity contribution >= 4 is 35.2 Å². The molecule has 36 heavy (non-hydrogen) atoms. The second-order valence-electron chi connectivity index (χ2n) is 7.94. The van der Waals surface area contributed by atoms with Crippen LogP contribution in [0.2, 0.25) is 0 Å². The van der Waals surface area contributed by atoms with Crippen molar-refractivity contribution in [2.75, 3.05) is 54.2 Å². The molecule has 1 unspecified atom stereocenters. The highest BCUT2D eigenvalue weighted by molar-refractivity contribution is 7.99. The Morgan fingerprint density at radius 2 is 1.39 bits per heavy atom. The molecular formula is C26H30N2O6S2. The topological polar surface area (TPSA) is 79.4 Å². The molecule has 2 aromatic rings. The van der Waals surface area contributed by atoms with E-state index in [9.17, 15) is 0 Å². The number of ether oxygens (including phenoxy) is 6. The van der Waals surface area contributed by atoms with E-state index in [0.717, 1.165) is 39.5 Å². The van der Waals surface area contributed by atoms with Gasteiger partial charge in [0.15, 0.2) is 28.1 Å². The maximum atomic E-state index is 5.78. The monoisotopic (exact) mass is 530 g/mol. The number of methoxy groups -OCH3 is 6. The molecule has 0 saturated heterocycles. The minimum atomic E-state index is -0.202. The smallest absolute Gasteiger partial charge is 0.203 e. The van der Waals surface area contributed by atoms with Crippen LogP contribution < -0.4 is 39.1 Å². The maximum absolute atomic E-state index is 5.78. The largest absolute Gasteiger partial charge is 0.493 e. The fourth-order valence-electron chi connectivity index (χ4n) is 4.53. The standard InChI is InChI=1S/C26H30N2O6S2/c1-29-18-9-7-14(22(31-3)24(18)33-5)11-15-12-36-13-17-20(15)27-26(35)28-21(17)16-8-10-19(30-2)25(34-6)23(16)32-4/h7-11,21H,12-13H2,1-6H3,(H2,27,28,35)/b15-11+. The number of thioether (sulfide) groups is 1. The minimum Gasteiger partial charge on any atom is -0.493 e. The van der Waals surface area contributed by atoms with Crippen molar-refractivity contribution in [1.29, 1.82) is 0 Å². The predicted octanol–water partition coefficient (Wildman–Crippen LogP) is 4.34. The van der Waals surface area contributed by atoms with E-state index in [1.807, 2.05) is 36.0 Å². The van der Waals surface area contributed by atoms with Crippen LogP contribution in [-0.2, 0) is 0 Å². The minimum absolute atomic E-state index is 0.202. The molecule has 0 saturated carbocycles. The number of benzene rings is 2. The molecule has 2 aliphatic rings. The molecule has 0 aliphatic carbocycles. The Labute approximate surface area is 220 Å². The fourth-order valence-corrected chi connectivity index (χ4v) is 5.83. The molecule has 4 rings (SSSR count). The molecule has 0 aromatic heterocycles. The van der Waals surface area contributed by atoms with E-state index in [0.29, 0.717) is 39.6 Å². The summed E-state index contributed by atoms with van der Waals surface area (Å²) in [5.41, 5.74) is 5.05. The van der Waals surface area contributed by atoms with Gasteiger partial charge in [-0.25, -0.2) is 0 Å². The Bertz CT molecular complexity index is 1230. The van der Waals surface area contributed by atoms with Gasteiger partial charge in [0.2, 0.25) is 11.5 Å². The summed E-state index contributed by atoms with van der Waals surface area (Å²) in [4.78, 5) is 0. The van der Waals surface area contributed by atoms with Crippen molar-refractivity contribution in [3.05, 3.63) is 52.2 Å². The number of hydrogen-bond acceptors (Lipinski definition) is 8. The summed E-state index contributed by atoms with van der Waals surface area (Å²) < 4.78 is 33.6. The van der Waals surface area contributed by atoms with Crippen LogP contribution in [0.4, 0.5) is 0 Å². The van der Waals surface area contributed by atoms with Crippen LogP contribution in [0.3, 0.4) is 0 Å². The Hall–Kier alpha value is -3.24. The Morgan fingerprint density at radius 3 is 2.00 bits per heavy atom. The molecule has 10 heteroatoms. The summed E-state index contributed by atoms with van der Waals surface area (Å²) in [6.07, 6.45) is 2.10. The lowest BCUT2D eigenvalue weighted by Gasteiger charge is -2.36. The van der Waals surface area contributed by atoms with Gasteiger partial charge in [-0.1, -0.05) is 0 Å². The van der Waals surface area contributed by atoms with Crippen molar-refractivity contribution in [3.8, 4) is 34.5 Å². The van der Waals surface area contributed by atoms with Gasteiger partial charge in [-0.05, 0) is 53.7 Å². The third kappa shape index (κ3) is 4.62. The van der Waals surface area contributed by atoms with Crippen LogP contribution in [0.25, 0.3) is 6.08 Å². The molecule has 2 aromatic carbocycles. The first-order valence-corrected chi connectivity index (χ1v) is 12.7. The average molecular weight is 531 g/mol. The Kier molecular flexibility index (Phi) is 8.05. The summed E-state index contributed by atoms with van der Waals surface area (Å²) in [7, 11) is 9.65. The zero-order chi connectivity index (χ0) is 25.8. The van der Waals surface area contributed by atoms with Gasteiger partial charge < -0.3 is 39.1 Å². The van der Waals surface area contributed by atoms with Gasteiger partial charge in [0.05, 0.1) is 48.7 Å². The van der Waals surface area contributed by atoms with Gasteiger partial charge in [0.1, 0.15) is 0 Å².